The molecule has 0 aliphatic rings. The van der Waals surface area contributed by atoms with E-state index in [1.54, 1.807) is 37.3 Å². The van der Waals surface area contributed by atoms with Crippen molar-refractivity contribution in [3.63, 3.8) is 0 Å². The fraction of sp³-hybridized carbons (Fsp3) is 0.308. The number of esters is 1. The molecule has 0 saturated heterocycles. The van der Waals surface area contributed by atoms with Gasteiger partial charge in [-0.1, -0.05) is 29.8 Å². The first-order valence-electron chi connectivity index (χ1n) is 5.25. The molecular weight excluding hydrogens is 238 g/mol. The quantitative estimate of drug-likeness (QED) is 0.647. The Morgan fingerprint density at radius 2 is 2.12 bits per heavy atom. The van der Waals surface area contributed by atoms with Gasteiger partial charge in [-0.15, -0.1) is 6.58 Å². The highest BCUT2D eigenvalue weighted by molar-refractivity contribution is 6.30. The Bertz CT molecular complexity index is 402. The zero-order chi connectivity index (χ0) is 12.9. The molecule has 0 fully saturated rings. The molecule has 3 nitrogen and oxygen atoms in total. The highest BCUT2D eigenvalue weighted by Gasteiger charge is 2.35. The van der Waals surface area contributed by atoms with Gasteiger partial charge in [-0.05, 0) is 24.6 Å². The first-order valence-corrected chi connectivity index (χ1v) is 5.62. The summed E-state index contributed by atoms with van der Waals surface area (Å²) in [5, 5.41) is 3.73. The van der Waals surface area contributed by atoms with Crippen molar-refractivity contribution in [1.82, 2.24) is 5.32 Å². The van der Waals surface area contributed by atoms with Crippen molar-refractivity contribution in [2.45, 2.75) is 12.5 Å². The molecule has 1 N–H and O–H groups in total. The second-order valence-electron chi connectivity index (χ2n) is 3.79. The van der Waals surface area contributed by atoms with Crippen LogP contribution in [-0.4, -0.2) is 19.6 Å². The standard InChI is InChI=1S/C13H16ClNO2/c1-4-9-15-13(2,12(16)17-3)10-5-7-11(14)8-6-10/h4-8,15H,1,9H2,2-3H3. The van der Waals surface area contributed by atoms with Crippen molar-refractivity contribution in [3.8, 4) is 0 Å². The smallest absolute Gasteiger partial charge is 0.330 e. The van der Waals surface area contributed by atoms with Gasteiger partial charge in [0.2, 0.25) is 0 Å². The molecule has 0 bridgehead atoms. The molecule has 1 rings (SSSR count). The van der Waals surface area contributed by atoms with Crippen molar-refractivity contribution in [3.05, 3.63) is 47.5 Å². The second kappa shape index (κ2) is 5.84. The molecule has 0 aromatic heterocycles. The van der Waals surface area contributed by atoms with Crippen LogP contribution < -0.4 is 5.32 Å². The van der Waals surface area contributed by atoms with Crippen LogP contribution in [0, 0.1) is 0 Å². The number of nitrogens with one attached hydrogen (secondary N) is 1. The summed E-state index contributed by atoms with van der Waals surface area (Å²) in [5.74, 6) is -0.346. The topological polar surface area (TPSA) is 38.3 Å². The Labute approximate surface area is 106 Å². The van der Waals surface area contributed by atoms with Gasteiger partial charge in [-0.25, -0.2) is 4.79 Å². The number of methoxy groups -OCH3 is 1. The highest BCUT2D eigenvalue weighted by atomic mass is 35.5. The van der Waals surface area contributed by atoms with Crippen LogP contribution in [0.15, 0.2) is 36.9 Å². The van der Waals surface area contributed by atoms with E-state index in [4.69, 9.17) is 16.3 Å². The van der Waals surface area contributed by atoms with Crippen LogP contribution in [0.4, 0.5) is 0 Å². The molecule has 1 atom stereocenters. The lowest BCUT2D eigenvalue weighted by Crippen LogP contribution is -2.47. The Morgan fingerprint density at radius 1 is 1.53 bits per heavy atom. The first-order chi connectivity index (χ1) is 8.04. The zero-order valence-corrected chi connectivity index (χ0v) is 10.8. The van der Waals surface area contributed by atoms with E-state index >= 15 is 0 Å². The van der Waals surface area contributed by atoms with Crippen LogP contribution in [-0.2, 0) is 15.1 Å². The fourth-order valence-corrected chi connectivity index (χ4v) is 1.68. The van der Waals surface area contributed by atoms with E-state index in [9.17, 15) is 4.79 Å². The summed E-state index contributed by atoms with van der Waals surface area (Å²) in [7, 11) is 1.37. The summed E-state index contributed by atoms with van der Waals surface area (Å²) in [5.41, 5.74) is -0.0938. The third-order valence-electron chi connectivity index (χ3n) is 2.62. The lowest BCUT2D eigenvalue weighted by atomic mass is 9.92. The van der Waals surface area contributed by atoms with Crippen LogP contribution in [0.25, 0.3) is 0 Å². The number of ether oxygens (including phenoxy) is 1. The lowest BCUT2D eigenvalue weighted by molar-refractivity contribution is -0.148. The highest BCUT2D eigenvalue weighted by Crippen LogP contribution is 2.23. The van der Waals surface area contributed by atoms with Gasteiger partial charge in [-0.3, -0.25) is 5.32 Å². The Morgan fingerprint density at radius 3 is 2.59 bits per heavy atom. The molecule has 0 spiro atoms. The Kier molecular flexibility index (Phi) is 4.73. The van der Waals surface area contributed by atoms with Gasteiger partial charge in [0.25, 0.3) is 0 Å². The number of halogens is 1. The largest absolute Gasteiger partial charge is 0.467 e. The summed E-state index contributed by atoms with van der Waals surface area (Å²) in [6.45, 7) is 5.90. The van der Waals surface area contributed by atoms with E-state index in [1.807, 2.05) is 0 Å². The van der Waals surface area contributed by atoms with Gasteiger partial charge < -0.3 is 4.74 Å². The summed E-state index contributed by atoms with van der Waals surface area (Å²) < 4.78 is 4.83. The van der Waals surface area contributed by atoms with Crippen LogP contribution in [0.1, 0.15) is 12.5 Å². The molecule has 4 heteroatoms. The van der Waals surface area contributed by atoms with Crippen LogP contribution in [0.5, 0.6) is 0 Å². The number of hydrogen-bond donors (Lipinski definition) is 1. The van der Waals surface area contributed by atoms with Crippen LogP contribution >= 0.6 is 11.6 Å². The van der Waals surface area contributed by atoms with Crippen molar-refractivity contribution in [2.24, 2.45) is 0 Å². The van der Waals surface area contributed by atoms with Crippen molar-refractivity contribution >= 4 is 17.6 Å². The van der Waals surface area contributed by atoms with E-state index in [0.29, 0.717) is 11.6 Å². The van der Waals surface area contributed by atoms with Gasteiger partial charge in [0.05, 0.1) is 7.11 Å². The summed E-state index contributed by atoms with van der Waals surface area (Å²) in [6, 6.07) is 7.09. The molecule has 0 radical (unpaired) electrons. The van der Waals surface area contributed by atoms with E-state index in [-0.39, 0.29) is 5.97 Å². The lowest BCUT2D eigenvalue weighted by Gasteiger charge is -2.28. The van der Waals surface area contributed by atoms with Crippen molar-refractivity contribution in [2.75, 3.05) is 13.7 Å². The molecule has 1 unspecified atom stereocenters. The SMILES string of the molecule is C=CCNC(C)(C(=O)OC)c1ccc(Cl)cc1. The first kappa shape index (κ1) is 13.7. The third kappa shape index (κ3) is 3.08. The van der Waals surface area contributed by atoms with Gasteiger partial charge in [0, 0.05) is 11.6 Å². The predicted octanol–water partition coefficient (Wildman–Crippen LogP) is 2.50. The average Bonchev–Trinajstić information content (AvgIpc) is 2.35. The second-order valence-corrected chi connectivity index (χ2v) is 4.23. The van der Waals surface area contributed by atoms with E-state index < -0.39 is 5.54 Å². The predicted molar refractivity (Wildman–Crippen MR) is 69.0 cm³/mol. The van der Waals surface area contributed by atoms with Crippen molar-refractivity contribution < 1.29 is 9.53 Å². The molecule has 17 heavy (non-hydrogen) atoms. The average molecular weight is 254 g/mol. The molecule has 0 amide bonds. The van der Waals surface area contributed by atoms with E-state index in [1.165, 1.54) is 7.11 Å². The summed E-state index contributed by atoms with van der Waals surface area (Å²) >= 11 is 5.83. The fourth-order valence-electron chi connectivity index (χ4n) is 1.56. The Balaban J connectivity index is 3.08. The number of carbonyl (C=O) groups is 1. The van der Waals surface area contributed by atoms with Crippen molar-refractivity contribution in [1.29, 1.82) is 0 Å². The molecule has 92 valence electrons. The molecular formula is C13H16ClNO2. The van der Waals surface area contributed by atoms with E-state index in [2.05, 4.69) is 11.9 Å². The minimum atomic E-state index is -0.895. The zero-order valence-electron chi connectivity index (χ0n) is 10.00. The monoisotopic (exact) mass is 253 g/mol. The molecule has 0 aliphatic carbocycles. The van der Waals surface area contributed by atoms with E-state index in [0.717, 1.165) is 5.56 Å². The number of benzene rings is 1. The molecule has 1 aromatic rings. The maximum atomic E-state index is 11.9. The van der Waals surface area contributed by atoms with Crippen LogP contribution in [0.3, 0.4) is 0 Å². The van der Waals surface area contributed by atoms with Crippen LogP contribution in [0.2, 0.25) is 5.02 Å². The summed E-state index contributed by atoms with van der Waals surface area (Å²) in [6.07, 6.45) is 1.69. The normalized spacial score (nSPS) is 13.8. The maximum Gasteiger partial charge on any atom is 0.330 e. The maximum absolute atomic E-state index is 11.9. The van der Waals surface area contributed by atoms with Gasteiger partial charge in [0.15, 0.2) is 0 Å². The third-order valence-corrected chi connectivity index (χ3v) is 2.87. The van der Waals surface area contributed by atoms with Gasteiger partial charge >= 0.3 is 5.97 Å². The minimum absolute atomic E-state index is 0.346. The molecule has 0 saturated carbocycles. The van der Waals surface area contributed by atoms with Gasteiger partial charge in [0.1, 0.15) is 5.54 Å². The van der Waals surface area contributed by atoms with Gasteiger partial charge in [-0.2, -0.15) is 0 Å². The number of hydrogen-bond acceptors (Lipinski definition) is 3. The Hall–Kier alpha value is -1.32. The minimum Gasteiger partial charge on any atom is -0.467 e. The number of rotatable bonds is 5. The molecule has 0 aliphatic heterocycles. The molecule has 1 aromatic carbocycles. The molecule has 0 heterocycles. The summed E-state index contributed by atoms with van der Waals surface area (Å²) in [4.78, 5) is 11.9. The number of carbonyl (C=O) groups excluding carboxylic acids is 1.